The second-order valence-electron chi connectivity index (χ2n) is 4.26. The highest BCUT2D eigenvalue weighted by atomic mass is 19.4. The van der Waals surface area contributed by atoms with Crippen molar-refractivity contribution in [1.29, 1.82) is 5.26 Å². The van der Waals surface area contributed by atoms with E-state index in [9.17, 15) is 27.2 Å². The van der Waals surface area contributed by atoms with Crippen molar-refractivity contribution in [2.75, 3.05) is 6.61 Å². The standard InChI is InChI=1S/C14H11F4N3O3/c1-2-24-13(23)21-12(22)8(6-19)7-20-11-4-3-9(5-10(11)15)14(16,17)18/h3-5,7-8H,2H2,1H3,(H,21,22,23). The third-order valence-electron chi connectivity index (χ3n) is 2.56. The van der Waals surface area contributed by atoms with Crippen molar-refractivity contribution >= 4 is 23.9 Å². The van der Waals surface area contributed by atoms with Crippen LogP contribution in [0.1, 0.15) is 12.5 Å². The number of hydrogen-bond acceptors (Lipinski definition) is 5. The van der Waals surface area contributed by atoms with E-state index < -0.39 is 41.2 Å². The summed E-state index contributed by atoms with van der Waals surface area (Å²) in [5.74, 6) is -3.90. The Balaban J connectivity index is 2.88. The number of benzene rings is 1. The number of alkyl carbamates (subject to hydrolysis) is 1. The van der Waals surface area contributed by atoms with Crippen molar-refractivity contribution in [2.45, 2.75) is 13.1 Å². The molecule has 0 fully saturated rings. The molecule has 0 bridgehead atoms. The summed E-state index contributed by atoms with van der Waals surface area (Å²) in [6.07, 6.45) is -5.07. The Bertz CT molecular complexity index is 695. The number of hydrogen-bond donors (Lipinski definition) is 1. The first-order valence-corrected chi connectivity index (χ1v) is 6.47. The highest BCUT2D eigenvalue weighted by molar-refractivity contribution is 6.03. The van der Waals surface area contributed by atoms with Crippen molar-refractivity contribution in [3.8, 4) is 6.07 Å². The number of aliphatic imine (C=N–C) groups is 1. The minimum absolute atomic E-state index is 0.00118. The van der Waals surface area contributed by atoms with Gasteiger partial charge in [0.25, 0.3) is 5.91 Å². The predicted octanol–water partition coefficient (Wildman–Crippen LogP) is 2.96. The molecule has 0 aliphatic rings. The molecule has 1 unspecified atom stereocenters. The minimum atomic E-state index is -4.71. The summed E-state index contributed by atoms with van der Waals surface area (Å²) in [7, 11) is 0. The van der Waals surface area contributed by atoms with Crippen molar-refractivity contribution in [3.05, 3.63) is 29.6 Å². The lowest BCUT2D eigenvalue weighted by atomic mass is 10.1. The number of rotatable bonds is 4. The Hall–Kier alpha value is -2.96. The van der Waals surface area contributed by atoms with Gasteiger partial charge in [0.05, 0.1) is 23.9 Å². The molecule has 0 spiro atoms. The summed E-state index contributed by atoms with van der Waals surface area (Å²) < 4.78 is 55.3. The van der Waals surface area contributed by atoms with Crippen molar-refractivity contribution < 1.29 is 31.9 Å². The normalized spacial score (nSPS) is 12.5. The number of nitriles is 1. The molecule has 0 saturated carbocycles. The zero-order valence-electron chi connectivity index (χ0n) is 12.2. The Morgan fingerprint density at radius 1 is 1.46 bits per heavy atom. The van der Waals surface area contributed by atoms with Crippen LogP contribution in [0.2, 0.25) is 0 Å². The molecule has 2 amide bonds. The number of amides is 2. The number of nitrogens with one attached hydrogen (secondary N) is 1. The van der Waals surface area contributed by atoms with Gasteiger partial charge in [0.2, 0.25) is 0 Å². The Kier molecular flexibility index (Phi) is 6.40. The molecule has 0 radical (unpaired) electrons. The summed E-state index contributed by atoms with van der Waals surface area (Å²) in [6, 6.07) is 3.11. The van der Waals surface area contributed by atoms with Gasteiger partial charge >= 0.3 is 12.3 Å². The van der Waals surface area contributed by atoms with Crippen LogP contribution in [-0.4, -0.2) is 24.8 Å². The van der Waals surface area contributed by atoms with Gasteiger partial charge in [-0.2, -0.15) is 18.4 Å². The molecule has 10 heteroatoms. The van der Waals surface area contributed by atoms with Gasteiger partial charge in [0.15, 0.2) is 5.92 Å². The number of carbonyl (C=O) groups excluding carboxylic acids is 2. The van der Waals surface area contributed by atoms with E-state index in [1.54, 1.807) is 5.32 Å². The van der Waals surface area contributed by atoms with Gasteiger partial charge in [0.1, 0.15) is 5.82 Å². The zero-order chi connectivity index (χ0) is 18.3. The molecule has 1 atom stereocenters. The molecule has 128 valence electrons. The van der Waals surface area contributed by atoms with Crippen LogP contribution in [0.5, 0.6) is 0 Å². The zero-order valence-corrected chi connectivity index (χ0v) is 12.2. The second-order valence-corrected chi connectivity index (χ2v) is 4.26. The van der Waals surface area contributed by atoms with E-state index >= 15 is 0 Å². The number of alkyl halides is 3. The van der Waals surface area contributed by atoms with Gasteiger partial charge in [-0.15, -0.1) is 0 Å². The second kappa shape index (κ2) is 8.05. The highest BCUT2D eigenvalue weighted by Crippen LogP contribution is 2.31. The van der Waals surface area contributed by atoms with Crippen LogP contribution in [0.4, 0.5) is 28.0 Å². The van der Waals surface area contributed by atoms with Crippen LogP contribution in [0, 0.1) is 23.1 Å². The lowest BCUT2D eigenvalue weighted by Crippen LogP contribution is -2.36. The summed E-state index contributed by atoms with van der Waals surface area (Å²) in [6.45, 7) is 1.50. The fourth-order valence-corrected chi connectivity index (χ4v) is 1.45. The molecule has 6 nitrogen and oxygen atoms in total. The van der Waals surface area contributed by atoms with Gasteiger partial charge in [-0.25, -0.2) is 9.18 Å². The lowest BCUT2D eigenvalue weighted by Gasteiger charge is -2.07. The fourth-order valence-electron chi connectivity index (χ4n) is 1.45. The van der Waals surface area contributed by atoms with Crippen LogP contribution >= 0.6 is 0 Å². The minimum Gasteiger partial charge on any atom is -0.450 e. The van der Waals surface area contributed by atoms with Gasteiger partial charge in [0, 0.05) is 6.21 Å². The van der Waals surface area contributed by atoms with E-state index in [1.165, 1.54) is 13.0 Å². The average molecular weight is 345 g/mol. The molecule has 0 aliphatic carbocycles. The molecule has 1 aromatic carbocycles. The number of nitrogens with zero attached hydrogens (tertiary/aromatic N) is 2. The first-order chi connectivity index (χ1) is 11.2. The summed E-state index contributed by atoms with van der Waals surface area (Å²) >= 11 is 0. The molecule has 0 aromatic heterocycles. The van der Waals surface area contributed by atoms with Gasteiger partial charge < -0.3 is 4.74 Å². The van der Waals surface area contributed by atoms with E-state index in [0.717, 1.165) is 6.07 Å². The van der Waals surface area contributed by atoms with Gasteiger partial charge in [-0.05, 0) is 25.1 Å². The monoisotopic (exact) mass is 345 g/mol. The third kappa shape index (κ3) is 5.35. The first-order valence-electron chi connectivity index (χ1n) is 6.47. The molecule has 0 heterocycles. The van der Waals surface area contributed by atoms with Crippen molar-refractivity contribution in [2.24, 2.45) is 10.9 Å². The van der Waals surface area contributed by atoms with Crippen LogP contribution in [0.25, 0.3) is 0 Å². The topological polar surface area (TPSA) is 91.5 Å². The fraction of sp³-hybridized carbons (Fsp3) is 0.286. The summed E-state index contributed by atoms with van der Waals surface area (Å²) in [5.41, 5.74) is -1.69. The smallest absolute Gasteiger partial charge is 0.416 e. The first kappa shape index (κ1) is 19.1. The molecule has 1 aromatic rings. The molecule has 1 N–H and O–H groups in total. The number of halogens is 4. The average Bonchev–Trinajstić information content (AvgIpc) is 2.48. The summed E-state index contributed by atoms with van der Waals surface area (Å²) in [4.78, 5) is 26.1. The number of ether oxygens (including phenoxy) is 1. The molecule has 1 rings (SSSR count). The van der Waals surface area contributed by atoms with Gasteiger partial charge in [-0.1, -0.05) is 0 Å². The largest absolute Gasteiger partial charge is 0.450 e. The lowest BCUT2D eigenvalue weighted by molar-refractivity contribution is -0.137. The van der Waals surface area contributed by atoms with E-state index in [0.29, 0.717) is 12.3 Å². The Labute approximate surface area is 133 Å². The van der Waals surface area contributed by atoms with E-state index in [4.69, 9.17) is 5.26 Å². The van der Waals surface area contributed by atoms with Crippen molar-refractivity contribution in [1.82, 2.24) is 5.32 Å². The quantitative estimate of drug-likeness (QED) is 0.671. The SMILES string of the molecule is CCOC(=O)NC(=O)C(C#N)C=Nc1ccc(C(F)(F)F)cc1F. The highest BCUT2D eigenvalue weighted by Gasteiger charge is 2.31. The molecular formula is C14H11F4N3O3. The number of imide groups is 1. The molecule has 0 aliphatic heterocycles. The maximum absolute atomic E-state index is 13.6. The Morgan fingerprint density at radius 2 is 2.12 bits per heavy atom. The predicted molar refractivity (Wildman–Crippen MR) is 73.8 cm³/mol. The molecule has 0 saturated heterocycles. The molecular weight excluding hydrogens is 334 g/mol. The van der Waals surface area contributed by atoms with E-state index in [-0.39, 0.29) is 12.7 Å². The van der Waals surface area contributed by atoms with E-state index in [1.807, 2.05) is 0 Å². The number of carbonyl (C=O) groups is 2. The third-order valence-corrected chi connectivity index (χ3v) is 2.56. The summed E-state index contributed by atoms with van der Waals surface area (Å²) in [5, 5.41) is 10.6. The van der Waals surface area contributed by atoms with Crippen LogP contribution in [-0.2, 0) is 15.7 Å². The van der Waals surface area contributed by atoms with Crippen LogP contribution in [0.3, 0.4) is 0 Å². The van der Waals surface area contributed by atoms with E-state index in [2.05, 4.69) is 9.73 Å². The van der Waals surface area contributed by atoms with Gasteiger partial charge in [-0.3, -0.25) is 15.1 Å². The van der Waals surface area contributed by atoms with Crippen molar-refractivity contribution in [3.63, 3.8) is 0 Å². The van der Waals surface area contributed by atoms with Crippen LogP contribution in [0.15, 0.2) is 23.2 Å². The Morgan fingerprint density at radius 3 is 2.62 bits per heavy atom. The van der Waals surface area contributed by atoms with Crippen LogP contribution < -0.4 is 5.32 Å². The maximum atomic E-state index is 13.6. The maximum Gasteiger partial charge on any atom is 0.416 e. The molecule has 24 heavy (non-hydrogen) atoms.